The van der Waals surface area contributed by atoms with Crippen LogP contribution in [0.15, 0.2) is 18.2 Å². The molecule has 2 aliphatic heterocycles. The fourth-order valence-electron chi connectivity index (χ4n) is 4.15. The highest BCUT2D eigenvalue weighted by atomic mass is 35.5. The van der Waals surface area contributed by atoms with E-state index in [-0.39, 0.29) is 17.8 Å². The smallest absolute Gasteiger partial charge is 0.134 e. The molecule has 0 amide bonds. The van der Waals surface area contributed by atoms with E-state index >= 15 is 0 Å². The summed E-state index contributed by atoms with van der Waals surface area (Å²) >= 11 is 6.21. The first-order valence-electron chi connectivity index (χ1n) is 8.05. The Balaban J connectivity index is 1.74. The van der Waals surface area contributed by atoms with Gasteiger partial charge in [-0.25, -0.2) is 0 Å². The average Bonchev–Trinajstić information content (AvgIpc) is 2.53. The number of hydrogen-bond acceptors (Lipinski definition) is 4. The zero-order valence-electron chi connectivity index (χ0n) is 13.1. The summed E-state index contributed by atoms with van der Waals surface area (Å²) in [6.45, 7) is 4.05. The summed E-state index contributed by atoms with van der Waals surface area (Å²) < 4.78 is 0. The van der Waals surface area contributed by atoms with E-state index < -0.39 is 0 Å². The summed E-state index contributed by atoms with van der Waals surface area (Å²) in [5.74, 6) is 0.149. The number of piperidine rings is 2. The zero-order chi connectivity index (χ0) is 15.7. The molecular formula is C17H25ClN2O2. The fourth-order valence-corrected chi connectivity index (χ4v) is 4.33. The first-order chi connectivity index (χ1) is 10.6. The highest BCUT2D eigenvalue weighted by molar-refractivity contribution is 6.32. The summed E-state index contributed by atoms with van der Waals surface area (Å²) in [7, 11) is 2.17. The van der Waals surface area contributed by atoms with Gasteiger partial charge in [-0.05, 0) is 51.0 Å². The first kappa shape index (κ1) is 16.1. The van der Waals surface area contributed by atoms with Crippen LogP contribution in [-0.2, 0) is 6.54 Å². The van der Waals surface area contributed by atoms with Gasteiger partial charge in [-0.1, -0.05) is 23.7 Å². The second-order valence-electron chi connectivity index (χ2n) is 6.86. The molecule has 0 aliphatic carbocycles. The van der Waals surface area contributed by atoms with Gasteiger partial charge in [0.05, 0.1) is 11.6 Å². The SMILES string of the molecule is CN1CCC[C@]2(CO)CCN(Cc3cccc(O)c3Cl)C[C@@H]12. The molecule has 3 rings (SSSR count). The molecule has 0 bridgehead atoms. The van der Waals surface area contributed by atoms with E-state index in [9.17, 15) is 10.2 Å². The molecule has 0 saturated carbocycles. The van der Waals surface area contributed by atoms with Crippen LogP contribution in [0.2, 0.25) is 5.02 Å². The second kappa shape index (κ2) is 6.36. The lowest BCUT2D eigenvalue weighted by molar-refractivity contribution is -0.0684. The lowest BCUT2D eigenvalue weighted by atomic mass is 9.69. The Kier molecular flexibility index (Phi) is 4.64. The number of phenolic OH excluding ortho intramolecular Hbond substituents is 1. The molecule has 122 valence electrons. The number of aromatic hydroxyl groups is 1. The van der Waals surface area contributed by atoms with Gasteiger partial charge in [0.25, 0.3) is 0 Å². The van der Waals surface area contributed by atoms with E-state index in [1.54, 1.807) is 6.07 Å². The Morgan fingerprint density at radius 2 is 2.14 bits per heavy atom. The van der Waals surface area contributed by atoms with Gasteiger partial charge in [0.15, 0.2) is 0 Å². The maximum absolute atomic E-state index is 9.95. The summed E-state index contributed by atoms with van der Waals surface area (Å²) in [6, 6.07) is 5.83. The Labute approximate surface area is 137 Å². The molecule has 1 aromatic carbocycles. The Bertz CT molecular complexity index is 539. The lowest BCUT2D eigenvalue weighted by Gasteiger charge is -2.53. The number of hydrogen-bond donors (Lipinski definition) is 2. The van der Waals surface area contributed by atoms with E-state index in [1.165, 1.54) is 6.42 Å². The molecular weight excluding hydrogens is 300 g/mol. The maximum Gasteiger partial charge on any atom is 0.134 e. The van der Waals surface area contributed by atoms with Crippen LogP contribution < -0.4 is 0 Å². The predicted molar refractivity (Wildman–Crippen MR) is 88.2 cm³/mol. The molecule has 0 aromatic heterocycles. The van der Waals surface area contributed by atoms with Crippen LogP contribution in [0.5, 0.6) is 5.75 Å². The van der Waals surface area contributed by atoms with Crippen LogP contribution in [0.1, 0.15) is 24.8 Å². The van der Waals surface area contributed by atoms with Crippen LogP contribution in [-0.4, -0.2) is 59.3 Å². The highest BCUT2D eigenvalue weighted by Crippen LogP contribution is 2.42. The van der Waals surface area contributed by atoms with Crippen LogP contribution >= 0.6 is 11.6 Å². The number of rotatable bonds is 3. The molecule has 2 fully saturated rings. The molecule has 2 saturated heterocycles. The lowest BCUT2D eigenvalue weighted by Crippen LogP contribution is -2.61. The van der Waals surface area contributed by atoms with Gasteiger partial charge in [0.2, 0.25) is 0 Å². The Morgan fingerprint density at radius 1 is 1.32 bits per heavy atom. The standard InChI is InChI=1S/C17H25ClN2O2/c1-19-8-3-6-17(12-21)7-9-20(11-15(17)19)10-13-4-2-5-14(22)16(13)18/h2,4-5,15,21-22H,3,6-12H2,1H3/t15-,17-/m1/s1. The van der Waals surface area contributed by atoms with Crippen molar-refractivity contribution in [3.8, 4) is 5.75 Å². The van der Waals surface area contributed by atoms with Crippen molar-refractivity contribution in [1.29, 1.82) is 0 Å². The molecule has 1 aromatic rings. The van der Waals surface area contributed by atoms with Crippen molar-refractivity contribution in [3.05, 3.63) is 28.8 Å². The van der Waals surface area contributed by atoms with Gasteiger partial charge in [-0.15, -0.1) is 0 Å². The van der Waals surface area contributed by atoms with E-state index in [2.05, 4.69) is 16.8 Å². The van der Waals surface area contributed by atoms with Crippen molar-refractivity contribution >= 4 is 11.6 Å². The van der Waals surface area contributed by atoms with Crippen LogP contribution in [0.4, 0.5) is 0 Å². The van der Waals surface area contributed by atoms with Crippen LogP contribution in [0.25, 0.3) is 0 Å². The monoisotopic (exact) mass is 324 g/mol. The van der Waals surface area contributed by atoms with Gasteiger partial charge in [0, 0.05) is 24.5 Å². The minimum Gasteiger partial charge on any atom is -0.506 e. The molecule has 2 aliphatic rings. The molecule has 22 heavy (non-hydrogen) atoms. The van der Waals surface area contributed by atoms with Crippen LogP contribution in [0.3, 0.4) is 0 Å². The van der Waals surface area contributed by atoms with Crippen molar-refractivity contribution in [2.75, 3.05) is 33.3 Å². The summed E-state index contributed by atoms with van der Waals surface area (Å²) in [4.78, 5) is 4.79. The summed E-state index contributed by atoms with van der Waals surface area (Å²) in [5.41, 5.74) is 1.03. The third kappa shape index (κ3) is 2.85. The number of aliphatic hydroxyl groups is 1. The third-order valence-corrected chi connectivity index (χ3v) is 5.99. The average molecular weight is 325 g/mol. The number of fused-ring (bicyclic) bond motifs is 1. The number of phenols is 1. The molecule has 2 atom stereocenters. The molecule has 0 radical (unpaired) electrons. The molecule has 4 nitrogen and oxygen atoms in total. The molecule has 5 heteroatoms. The summed E-state index contributed by atoms with van der Waals surface area (Å²) in [6.07, 6.45) is 3.32. The normalized spacial score (nSPS) is 30.2. The quantitative estimate of drug-likeness (QED) is 0.896. The highest BCUT2D eigenvalue weighted by Gasteiger charge is 2.46. The molecule has 2 heterocycles. The van der Waals surface area contributed by atoms with Gasteiger partial charge in [-0.2, -0.15) is 0 Å². The van der Waals surface area contributed by atoms with E-state index in [0.717, 1.165) is 44.6 Å². The number of benzene rings is 1. The summed E-state index contributed by atoms with van der Waals surface area (Å²) in [5, 5.41) is 20.2. The molecule has 0 spiro atoms. The minimum atomic E-state index is 0.0616. The van der Waals surface area contributed by atoms with Gasteiger partial charge >= 0.3 is 0 Å². The number of nitrogens with zero attached hydrogens (tertiary/aromatic N) is 2. The van der Waals surface area contributed by atoms with Crippen molar-refractivity contribution in [2.24, 2.45) is 5.41 Å². The number of likely N-dealkylation sites (tertiary alicyclic amines) is 2. The van der Waals surface area contributed by atoms with E-state index in [1.807, 2.05) is 12.1 Å². The predicted octanol–water partition coefficient (Wildman–Crippen LogP) is 2.32. The van der Waals surface area contributed by atoms with Gasteiger partial charge in [0.1, 0.15) is 5.75 Å². The zero-order valence-corrected chi connectivity index (χ0v) is 13.9. The maximum atomic E-state index is 9.95. The number of aliphatic hydroxyl groups excluding tert-OH is 1. The van der Waals surface area contributed by atoms with Crippen molar-refractivity contribution < 1.29 is 10.2 Å². The van der Waals surface area contributed by atoms with Crippen molar-refractivity contribution in [1.82, 2.24) is 9.80 Å². The van der Waals surface area contributed by atoms with Crippen LogP contribution in [0, 0.1) is 5.41 Å². The Morgan fingerprint density at radius 3 is 2.91 bits per heavy atom. The molecule has 0 unspecified atom stereocenters. The van der Waals surface area contributed by atoms with Crippen molar-refractivity contribution in [2.45, 2.75) is 31.8 Å². The number of halogens is 1. The van der Waals surface area contributed by atoms with Gasteiger partial charge in [-0.3, -0.25) is 4.90 Å². The molecule has 2 N–H and O–H groups in total. The topological polar surface area (TPSA) is 46.9 Å². The minimum absolute atomic E-state index is 0.0616. The van der Waals surface area contributed by atoms with E-state index in [0.29, 0.717) is 11.1 Å². The van der Waals surface area contributed by atoms with Crippen molar-refractivity contribution in [3.63, 3.8) is 0 Å². The largest absolute Gasteiger partial charge is 0.506 e. The van der Waals surface area contributed by atoms with E-state index in [4.69, 9.17) is 11.6 Å². The third-order valence-electron chi connectivity index (χ3n) is 5.55. The second-order valence-corrected chi connectivity index (χ2v) is 7.23. The fraction of sp³-hybridized carbons (Fsp3) is 0.647. The number of likely N-dealkylation sites (N-methyl/N-ethyl adjacent to an activating group) is 1. The van der Waals surface area contributed by atoms with Gasteiger partial charge < -0.3 is 15.1 Å². The first-order valence-corrected chi connectivity index (χ1v) is 8.43. The Hall–Kier alpha value is -0.810.